The van der Waals surface area contributed by atoms with Crippen molar-refractivity contribution in [3.63, 3.8) is 0 Å². The number of hydrogen-bond acceptors (Lipinski definition) is 3. The van der Waals surface area contributed by atoms with Crippen LogP contribution in [0, 0.1) is 29.6 Å². The number of thiocarbonyl (C=S) groups is 1. The first-order valence-corrected chi connectivity index (χ1v) is 4.66. The molecule has 3 heteroatoms. The maximum atomic E-state index is 8.74. The fraction of sp³-hybridized carbons (Fsp3) is 0.182. The quantitative estimate of drug-likeness (QED) is 0.604. The van der Waals surface area contributed by atoms with Gasteiger partial charge in [0.1, 0.15) is 5.92 Å². The summed E-state index contributed by atoms with van der Waals surface area (Å²) in [5.41, 5.74) is 2.11. The average Bonchev–Trinajstić information content (AvgIpc) is 2.19. The SMILES string of the molecule is Cc1cccc(C(=N)C(C#N)C=S)c1. The fourth-order valence-corrected chi connectivity index (χ4v) is 1.35. The van der Waals surface area contributed by atoms with Crippen LogP contribution in [-0.4, -0.2) is 11.1 Å². The van der Waals surface area contributed by atoms with Crippen LogP contribution in [0.5, 0.6) is 0 Å². The van der Waals surface area contributed by atoms with Gasteiger partial charge in [0.15, 0.2) is 0 Å². The fourth-order valence-electron chi connectivity index (χ4n) is 1.16. The predicted molar refractivity (Wildman–Crippen MR) is 60.8 cm³/mol. The molecule has 14 heavy (non-hydrogen) atoms. The van der Waals surface area contributed by atoms with E-state index in [0.717, 1.165) is 11.1 Å². The van der Waals surface area contributed by atoms with Gasteiger partial charge >= 0.3 is 0 Å². The first kappa shape index (κ1) is 10.6. The summed E-state index contributed by atoms with van der Waals surface area (Å²) in [6.45, 7) is 1.95. The van der Waals surface area contributed by atoms with Crippen molar-refractivity contribution in [2.24, 2.45) is 5.92 Å². The molecule has 1 N–H and O–H groups in total. The van der Waals surface area contributed by atoms with Gasteiger partial charge in [0, 0.05) is 5.37 Å². The van der Waals surface area contributed by atoms with Crippen LogP contribution in [0.2, 0.25) is 0 Å². The summed E-state index contributed by atoms with van der Waals surface area (Å²) in [4.78, 5) is 0. The van der Waals surface area contributed by atoms with Crippen LogP contribution >= 0.6 is 12.2 Å². The Hall–Kier alpha value is -1.53. The Morgan fingerprint density at radius 1 is 1.64 bits per heavy atom. The van der Waals surface area contributed by atoms with Crippen LogP contribution in [0.15, 0.2) is 24.3 Å². The van der Waals surface area contributed by atoms with Gasteiger partial charge in [0.2, 0.25) is 0 Å². The third-order valence-electron chi connectivity index (χ3n) is 1.92. The maximum Gasteiger partial charge on any atom is 0.116 e. The molecule has 0 fully saturated rings. The van der Waals surface area contributed by atoms with Crippen molar-refractivity contribution in [3.05, 3.63) is 35.4 Å². The van der Waals surface area contributed by atoms with E-state index < -0.39 is 5.92 Å². The molecule has 0 bridgehead atoms. The van der Waals surface area contributed by atoms with Crippen molar-refractivity contribution in [2.75, 3.05) is 0 Å². The minimum Gasteiger partial charge on any atom is -0.303 e. The molecule has 1 aromatic carbocycles. The molecule has 0 saturated carbocycles. The maximum absolute atomic E-state index is 8.74. The highest BCUT2D eigenvalue weighted by Crippen LogP contribution is 2.09. The first-order valence-electron chi connectivity index (χ1n) is 4.19. The number of rotatable bonds is 3. The molecule has 0 heterocycles. The van der Waals surface area contributed by atoms with Gasteiger partial charge in [-0.05, 0) is 12.5 Å². The zero-order valence-electron chi connectivity index (χ0n) is 7.82. The Balaban J connectivity index is 3.01. The number of nitriles is 1. The van der Waals surface area contributed by atoms with Gasteiger partial charge in [-0.2, -0.15) is 5.26 Å². The highest BCUT2D eigenvalue weighted by atomic mass is 32.1. The average molecular weight is 202 g/mol. The van der Waals surface area contributed by atoms with Crippen molar-refractivity contribution in [1.29, 1.82) is 10.7 Å². The molecule has 0 radical (unpaired) electrons. The molecule has 0 aromatic heterocycles. The predicted octanol–water partition coefficient (Wildman–Crippen LogP) is 2.50. The van der Waals surface area contributed by atoms with E-state index in [2.05, 4.69) is 0 Å². The van der Waals surface area contributed by atoms with Crippen molar-refractivity contribution >= 4 is 23.3 Å². The second-order valence-corrected chi connectivity index (χ2v) is 3.30. The molecule has 0 saturated heterocycles. The van der Waals surface area contributed by atoms with Gasteiger partial charge < -0.3 is 5.41 Å². The van der Waals surface area contributed by atoms with E-state index in [0.29, 0.717) is 0 Å². The Morgan fingerprint density at radius 2 is 2.36 bits per heavy atom. The van der Waals surface area contributed by atoms with E-state index in [1.807, 2.05) is 37.3 Å². The number of nitrogens with one attached hydrogen (secondary N) is 1. The van der Waals surface area contributed by atoms with Crippen LogP contribution in [-0.2, 0) is 0 Å². The molecule has 0 amide bonds. The normalized spacial score (nSPS) is 11.4. The number of hydrogen-bond donors (Lipinski definition) is 1. The van der Waals surface area contributed by atoms with Crippen molar-refractivity contribution in [1.82, 2.24) is 0 Å². The zero-order valence-corrected chi connectivity index (χ0v) is 8.64. The lowest BCUT2D eigenvalue weighted by Crippen LogP contribution is -2.13. The topological polar surface area (TPSA) is 47.6 Å². The monoisotopic (exact) mass is 202 g/mol. The van der Waals surface area contributed by atoms with Crippen LogP contribution < -0.4 is 0 Å². The van der Waals surface area contributed by atoms with Crippen LogP contribution in [0.1, 0.15) is 11.1 Å². The minimum absolute atomic E-state index is 0.270. The molecule has 0 aliphatic carbocycles. The molecule has 0 spiro atoms. The van der Waals surface area contributed by atoms with Gasteiger partial charge in [-0.1, -0.05) is 42.0 Å². The molecule has 2 nitrogen and oxygen atoms in total. The first-order chi connectivity index (χ1) is 6.69. The number of nitrogens with zero attached hydrogens (tertiary/aromatic N) is 1. The second-order valence-electron chi connectivity index (χ2n) is 3.03. The molecule has 1 atom stereocenters. The molecular formula is C11H10N2S. The van der Waals surface area contributed by atoms with Crippen LogP contribution in [0.3, 0.4) is 0 Å². The van der Waals surface area contributed by atoms with Crippen LogP contribution in [0.4, 0.5) is 0 Å². The number of aryl methyl sites for hydroxylation is 1. The van der Waals surface area contributed by atoms with E-state index in [9.17, 15) is 0 Å². The summed E-state index contributed by atoms with van der Waals surface area (Å²) in [5.74, 6) is -0.591. The van der Waals surface area contributed by atoms with E-state index in [1.165, 1.54) is 5.37 Å². The highest BCUT2D eigenvalue weighted by molar-refractivity contribution is 7.79. The second kappa shape index (κ2) is 4.64. The Morgan fingerprint density at radius 3 is 2.86 bits per heavy atom. The molecule has 1 rings (SSSR count). The van der Waals surface area contributed by atoms with Gasteiger partial charge in [0.25, 0.3) is 0 Å². The van der Waals surface area contributed by atoms with E-state index in [4.69, 9.17) is 22.9 Å². The third-order valence-corrected chi connectivity index (χ3v) is 2.19. The van der Waals surface area contributed by atoms with Gasteiger partial charge in [-0.15, -0.1) is 0 Å². The van der Waals surface area contributed by atoms with Crippen molar-refractivity contribution in [2.45, 2.75) is 6.92 Å². The summed E-state index contributed by atoms with van der Waals surface area (Å²) < 4.78 is 0. The Bertz CT molecular complexity index is 404. The van der Waals surface area contributed by atoms with Crippen molar-refractivity contribution in [3.8, 4) is 6.07 Å². The minimum atomic E-state index is -0.591. The molecule has 1 aromatic rings. The largest absolute Gasteiger partial charge is 0.303 e. The van der Waals surface area contributed by atoms with E-state index in [-0.39, 0.29) is 5.71 Å². The summed E-state index contributed by atoms with van der Waals surface area (Å²) in [5, 5.41) is 17.8. The summed E-state index contributed by atoms with van der Waals surface area (Å²) in [7, 11) is 0. The summed E-state index contributed by atoms with van der Waals surface area (Å²) >= 11 is 4.69. The Kier molecular flexibility index (Phi) is 3.49. The highest BCUT2D eigenvalue weighted by Gasteiger charge is 2.12. The van der Waals surface area contributed by atoms with E-state index in [1.54, 1.807) is 0 Å². The standard InChI is InChI=1S/C11H10N2S/c1-8-3-2-4-9(5-8)11(13)10(6-12)7-14/h2-5,7,10,13H,1H3. The smallest absolute Gasteiger partial charge is 0.116 e. The third kappa shape index (κ3) is 2.24. The van der Waals surface area contributed by atoms with Gasteiger partial charge in [-0.25, -0.2) is 0 Å². The summed E-state index contributed by atoms with van der Waals surface area (Å²) in [6, 6.07) is 9.51. The zero-order chi connectivity index (χ0) is 10.6. The molecular weight excluding hydrogens is 192 g/mol. The summed E-state index contributed by atoms with van der Waals surface area (Å²) in [6.07, 6.45) is 0. The van der Waals surface area contributed by atoms with Crippen LogP contribution in [0.25, 0.3) is 0 Å². The molecule has 0 aliphatic heterocycles. The Labute approximate surface area is 88.7 Å². The van der Waals surface area contributed by atoms with Gasteiger partial charge in [0.05, 0.1) is 11.8 Å². The van der Waals surface area contributed by atoms with E-state index >= 15 is 0 Å². The lowest BCUT2D eigenvalue weighted by molar-refractivity contribution is 1.21. The van der Waals surface area contributed by atoms with Crippen molar-refractivity contribution < 1.29 is 0 Å². The molecule has 1 unspecified atom stereocenters. The number of benzene rings is 1. The van der Waals surface area contributed by atoms with Gasteiger partial charge in [-0.3, -0.25) is 0 Å². The molecule has 70 valence electrons. The lowest BCUT2D eigenvalue weighted by atomic mass is 9.98. The molecule has 0 aliphatic rings. The lowest BCUT2D eigenvalue weighted by Gasteiger charge is -2.06.